The zero-order valence-electron chi connectivity index (χ0n) is 32.6. The van der Waals surface area contributed by atoms with Crippen LogP contribution in [0.25, 0.3) is 23.3 Å². The van der Waals surface area contributed by atoms with Crippen molar-refractivity contribution in [1.29, 1.82) is 0 Å². The molecule has 277 valence electrons. The molecule has 0 atom stereocenters. The fourth-order valence-corrected chi connectivity index (χ4v) is 5.97. The second-order valence-electron chi connectivity index (χ2n) is 13.0. The van der Waals surface area contributed by atoms with Crippen LogP contribution in [0.1, 0.15) is 50.6 Å². The van der Waals surface area contributed by atoms with Crippen LogP contribution in [0, 0.1) is 74.7 Å². The minimum atomic E-state index is 0. The van der Waals surface area contributed by atoms with Crippen LogP contribution in [0.3, 0.4) is 0 Å². The Morgan fingerprint density at radius 3 is 1.20 bits per heavy atom. The fraction of sp³-hybridized carbons (Fsp3) is 0.250. The predicted octanol–water partition coefficient (Wildman–Crippen LogP) is 6.98. The van der Waals surface area contributed by atoms with Gasteiger partial charge in [0.25, 0.3) is 11.9 Å². The summed E-state index contributed by atoms with van der Waals surface area (Å²) >= 11 is 0. The van der Waals surface area contributed by atoms with Crippen molar-refractivity contribution in [2.24, 2.45) is 20.5 Å². The van der Waals surface area contributed by atoms with Gasteiger partial charge in [-0.25, -0.2) is 10.2 Å². The molecule has 3 radical (unpaired) electrons. The standard InChI is InChI=1S/C36H37N17.3Y/c1-18-10-19(2)13-27(12-18)50-33(22(5)16-39-50)46-44-29-24(7)48-52(31(29)37)35-41-26(9)42-36(43-35)53-32(38)30(25(8)49-53)45-47-34-23(6)17-40-51(34)28-14-20(3)11-21(4)15-28;;;/h10-15H,37-38H2,1-9H3;;;/q-2;;;. The first-order valence-electron chi connectivity index (χ1n) is 16.7. The van der Waals surface area contributed by atoms with Gasteiger partial charge in [-0.05, 0) is 95.0 Å². The molecule has 7 aromatic rings. The molecule has 0 bridgehead atoms. The van der Waals surface area contributed by atoms with E-state index in [1.807, 2.05) is 65.8 Å². The first-order valence-corrected chi connectivity index (χ1v) is 16.7. The van der Waals surface area contributed by atoms with Crippen LogP contribution in [0.2, 0.25) is 0 Å². The number of azo groups is 2. The molecule has 20 heteroatoms. The van der Waals surface area contributed by atoms with Gasteiger partial charge >= 0.3 is 0 Å². The Labute approximate surface area is 399 Å². The van der Waals surface area contributed by atoms with Gasteiger partial charge in [0.1, 0.15) is 17.2 Å². The molecule has 0 aliphatic carbocycles. The summed E-state index contributed by atoms with van der Waals surface area (Å²) in [6.07, 6.45) is 5.97. The van der Waals surface area contributed by atoms with Crippen molar-refractivity contribution in [2.75, 3.05) is 11.5 Å². The molecule has 0 aliphatic rings. The summed E-state index contributed by atoms with van der Waals surface area (Å²) in [5.41, 5.74) is 22.5. The number of hydrogen-bond donors (Lipinski definition) is 2. The molecule has 2 aromatic carbocycles. The van der Waals surface area contributed by atoms with E-state index in [0.717, 1.165) is 44.8 Å². The van der Waals surface area contributed by atoms with Gasteiger partial charge in [-0.2, -0.15) is 55.9 Å². The Kier molecular flexibility index (Phi) is 14.8. The van der Waals surface area contributed by atoms with Gasteiger partial charge in [-0.3, -0.25) is 10.2 Å². The van der Waals surface area contributed by atoms with E-state index in [9.17, 15) is 0 Å². The molecule has 0 amide bonds. The van der Waals surface area contributed by atoms with Gasteiger partial charge in [0.05, 0.1) is 11.4 Å². The molecule has 0 saturated carbocycles. The van der Waals surface area contributed by atoms with Gasteiger partial charge in [-0.1, -0.05) is 26.0 Å². The molecule has 5 aromatic heterocycles. The Hall–Kier alpha value is -3.60. The molecular formula is C36H37N17Y3-2. The first kappa shape index (κ1) is 45.1. The molecule has 0 saturated heterocycles. The molecule has 7 rings (SSSR count). The molecule has 56 heavy (non-hydrogen) atoms. The second-order valence-corrected chi connectivity index (χ2v) is 13.0. The average Bonchev–Trinajstić information content (AvgIpc) is 3.81. The van der Waals surface area contributed by atoms with Crippen molar-refractivity contribution in [3.8, 4) is 23.3 Å². The van der Waals surface area contributed by atoms with E-state index in [0.29, 0.717) is 40.2 Å². The third-order valence-electron chi connectivity index (χ3n) is 8.33. The zero-order valence-corrected chi connectivity index (χ0v) is 41.1. The van der Waals surface area contributed by atoms with Crippen molar-refractivity contribution < 1.29 is 98.1 Å². The van der Waals surface area contributed by atoms with Crippen LogP contribution in [-0.2, 0) is 98.1 Å². The Morgan fingerprint density at radius 2 is 0.839 bits per heavy atom. The van der Waals surface area contributed by atoms with Crippen molar-refractivity contribution in [2.45, 2.75) is 62.3 Å². The van der Waals surface area contributed by atoms with E-state index in [1.54, 1.807) is 30.1 Å². The number of anilines is 2. The summed E-state index contributed by atoms with van der Waals surface area (Å²) in [6.45, 7) is 17.1. The SMILES string of the molecule is Cc1cc(C)cc(-n2n[c-]c(C)c2N=Nc2c(C)nn(-c3nc(C)nc(-n4nc(C)c(N=Nc5c(C)[c-]nn5-c5cc(C)cc(C)c5)c4N)n3)c2N)c1.[Y].[Y].[Y]. The number of aryl methyl sites for hydroxylation is 9. The summed E-state index contributed by atoms with van der Waals surface area (Å²) in [5, 5.41) is 36.1. The number of nitrogen functional groups attached to an aromatic ring is 2. The van der Waals surface area contributed by atoms with Crippen molar-refractivity contribution in [1.82, 2.24) is 54.1 Å². The monoisotopic (exact) mass is 974 g/mol. The quantitative estimate of drug-likeness (QED) is 0.119. The first-order chi connectivity index (χ1) is 25.3. The molecule has 0 spiro atoms. The average molecular weight is 975 g/mol. The number of benzene rings is 2. The number of nitrogens with zero attached hydrogens (tertiary/aromatic N) is 15. The summed E-state index contributed by atoms with van der Waals surface area (Å²) in [6, 6.07) is 12.3. The smallest absolute Gasteiger partial charge is 0.257 e. The number of nitrogens with two attached hydrogens (primary N) is 2. The Balaban J connectivity index is 0.00000232. The Bertz CT molecular complexity index is 2400. The normalized spacial score (nSPS) is 11.2. The topological polar surface area (TPSA) is 211 Å². The van der Waals surface area contributed by atoms with Crippen LogP contribution in [0.15, 0.2) is 56.9 Å². The number of hydrogen-bond acceptors (Lipinski definition) is 13. The Morgan fingerprint density at radius 1 is 0.482 bits per heavy atom. The minimum absolute atomic E-state index is 0. The van der Waals surface area contributed by atoms with Crippen molar-refractivity contribution >= 4 is 34.6 Å². The fourth-order valence-electron chi connectivity index (χ4n) is 5.97. The molecule has 17 nitrogen and oxygen atoms in total. The molecule has 0 unspecified atom stereocenters. The maximum atomic E-state index is 6.60. The van der Waals surface area contributed by atoms with Crippen LogP contribution in [-0.4, -0.2) is 54.1 Å². The summed E-state index contributed by atoms with van der Waals surface area (Å²) in [5.74, 6) is 2.03. The number of aromatic nitrogens is 11. The maximum absolute atomic E-state index is 6.60. The van der Waals surface area contributed by atoms with Crippen molar-refractivity contribution in [3.63, 3.8) is 0 Å². The van der Waals surface area contributed by atoms with E-state index in [-0.39, 0.29) is 122 Å². The molecule has 0 aliphatic heterocycles. The van der Waals surface area contributed by atoms with E-state index < -0.39 is 0 Å². The van der Waals surface area contributed by atoms with Crippen molar-refractivity contribution in [3.05, 3.63) is 99.4 Å². The third-order valence-corrected chi connectivity index (χ3v) is 8.33. The van der Waals surface area contributed by atoms with Crippen LogP contribution >= 0.6 is 0 Å². The predicted molar refractivity (Wildman–Crippen MR) is 199 cm³/mol. The van der Waals surface area contributed by atoms with Gasteiger partial charge in [0, 0.05) is 121 Å². The van der Waals surface area contributed by atoms with E-state index in [1.165, 1.54) is 9.36 Å². The van der Waals surface area contributed by atoms with Crippen LogP contribution < -0.4 is 11.5 Å². The van der Waals surface area contributed by atoms with Crippen LogP contribution in [0.5, 0.6) is 0 Å². The molecule has 4 N–H and O–H groups in total. The second kappa shape index (κ2) is 18.3. The van der Waals surface area contributed by atoms with Gasteiger partial charge < -0.3 is 20.8 Å². The van der Waals surface area contributed by atoms with E-state index in [2.05, 4.69) is 80.3 Å². The van der Waals surface area contributed by atoms with Crippen LogP contribution in [0.4, 0.5) is 34.6 Å². The summed E-state index contributed by atoms with van der Waals surface area (Å²) < 4.78 is 6.14. The maximum Gasteiger partial charge on any atom is 0.257 e. The largest absolute Gasteiger partial charge is 0.382 e. The van der Waals surface area contributed by atoms with Gasteiger partial charge in [-0.15, -0.1) is 12.4 Å². The summed E-state index contributed by atoms with van der Waals surface area (Å²) in [4.78, 5) is 13.6. The molecular weight excluding hydrogens is 937 g/mol. The van der Waals surface area contributed by atoms with Gasteiger partial charge in [0.15, 0.2) is 11.6 Å². The zero-order chi connectivity index (χ0) is 37.7. The molecule has 5 heterocycles. The van der Waals surface area contributed by atoms with Gasteiger partial charge in [0.2, 0.25) is 0 Å². The summed E-state index contributed by atoms with van der Waals surface area (Å²) in [7, 11) is 0. The molecule has 0 fully saturated rings. The number of rotatable bonds is 8. The third kappa shape index (κ3) is 9.08. The van der Waals surface area contributed by atoms with E-state index in [4.69, 9.17) is 11.5 Å². The minimum Gasteiger partial charge on any atom is -0.382 e. The van der Waals surface area contributed by atoms with E-state index >= 15 is 0 Å².